The van der Waals surface area contributed by atoms with Gasteiger partial charge in [-0.25, -0.2) is 0 Å². The molecule has 2 aromatic rings. The number of benzene rings is 1. The summed E-state index contributed by atoms with van der Waals surface area (Å²) in [5.41, 5.74) is 2.21. The highest BCUT2D eigenvalue weighted by atomic mass is 16.3. The van der Waals surface area contributed by atoms with Crippen molar-refractivity contribution in [2.24, 2.45) is 5.92 Å². The lowest BCUT2D eigenvalue weighted by Gasteiger charge is -2.15. The Morgan fingerprint density at radius 2 is 2.09 bits per heavy atom. The highest BCUT2D eigenvalue weighted by Gasteiger charge is 2.16. The van der Waals surface area contributed by atoms with E-state index in [0.29, 0.717) is 24.4 Å². The van der Waals surface area contributed by atoms with Crippen molar-refractivity contribution in [3.8, 4) is 11.3 Å². The lowest BCUT2D eigenvalue weighted by molar-refractivity contribution is 0.0943. The number of hydrogen-bond acceptors (Lipinski definition) is 3. The van der Waals surface area contributed by atoms with E-state index in [2.05, 4.69) is 22.4 Å². The topological polar surface area (TPSA) is 78.0 Å². The van der Waals surface area contributed by atoms with Crippen molar-refractivity contribution in [2.45, 2.75) is 26.2 Å². The Morgan fingerprint density at radius 1 is 1.32 bits per heavy atom. The van der Waals surface area contributed by atoms with Crippen LogP contribution in [0.15, 0.2) is 36.5 Å². The molecule has 3 N–H and O–H groups in total. The Hall–Kier alpha value is -2.14. The fourth-order valence-corrected chi connectivity index (χ4v) is 2.55. The van der Waals surface area contributed by atoms with Gasteiger partial charge < -0.3 is 10.4 Å². The zero-order valence-electron chi connectivity index (χ0n) is 12.9. The fourth-order valence-electron chi connectivity index (χ4n) is 2.55. The number of rotatable bonds is 8. The minimum atomic E-state index is -0.133. The molecule has 0 spiro atoms. The van der Waals surface area contributed by atoms with Gasteiger partial charge in [0.05, 0.1) is 17.5 Å². The molecule has 0 radical (unpaired) electrons. The SMILES string of the molecule is CCCC(CCO)CNC(=O)c1cn[nH]c1-c1ccccc1. The van der Waals surface area contributed by atoms with Crippen LogP contribution in [0.4, 0.5) is 0 Å². The Bertz CT molecular complexity index is 575. The van der Waals surface area contributed by atoms with Crippen LogP contribution in [-0.4, -0.2) is 34.4 Å². The summed E-state index contributed by atoms with van der Waals surface area (Å²) in [6.45, 7) is 2.84. The van der Waals surface area contributed by atoms with Gasteiger partial charge in [0.25, 0.3) is 5.91 Å². The van der Waals surface area contributed by atoms with Crippen LogP contribution >= 0.6 is 0 Å². The third-order valence-corrected chi connectivity index (χ3v) is 3.73. The first-order valence-corrected chi connectivity index (χ1v) is 7.74. The molecule has 0 saturated heterocycles. The van der Waals surface area contributed by atoms with Crippen LogP contribution in [0, 0.1) is 5.92 Å². The summed E-state index contributed by atoms with van der Waals surface area (Å²) in [4.78, 5) is 12.4. The average Bonchev–Trinajstić information content (AvgIpc) is 3.03. The molecule has 22 heavy (non-hydrogen) atoms. The number of aromatic nitrogens is 2. The minimum absolute atomic E-state index is 0.133. The molecule has 0 aliphatic carbocycles. The fraction of sp³-hybridized carbons (Fsp3) is 0.412. The molecule has 0 bridgehead atoms. The number of amides is 1. The van der Waals surface area contributed by atoms with Crippen LogP contribution in [0.2, 0.25) is 0 Å². The highest BCUT2D eigenvalue weighted by Crippen LogP contribution is 2.20. The smallest absolute Gasteiger partial charge is 0.255 e. The molecule has 0 fully saturated rings. The van der Waals surface area contributed by atoms with Crippen LogP contribution in [0.1, 0.15) is 36.5 Å². The zero-order chi connectivity index (χ0) is 15.8. The van der Waals surface area contributed by atoms with Crippen LogP contribution < -0.4 is 5.32 Å². The first-order valence-electron chi connectivity index (χ1n) is 7.74. The van der Waals surface area contributed by atoms with Gasteiger partial charge in [0.15, 0.2) is 0 Å². The number of H-pyrrole nitrogens is 1. The number of nitrogens with one attached hydrogen (secondary N) is 2. The maximum absolute atomic E-state index is 12.4. The minimum Gasteiger partial charge on any atom is -0.396 e. The second kappa shape index (κ2) is 8.34. The molecule has 118 valence electrons. The molecule has 1 aromatic heterocycles. The predicted octanol–water partition coefficient (Wildman–Crippen LogP) is 2.61. The molecule has 2 rings (SSSR count). The van der Waals surface area contributed by atoms with Crippen molar-refractivity contribution in [1.82, 2.24) is 15.5 Å². The van der Waals surface area contributed by atoms with Gasteiger partial charge in [-0.2, -0.15) is 5.10 Å². The van der Waals surface area contributed by atoms with E-state index in [0.717, 1.165) is 24.1 Å². The third-order valence-electron chi connectivity index (χ3n) is 3.73. The van der Waals surface area contributed by atoms with Crippen LogP contribution in [0.5, 0.6) is 0 Å². The largest absolute Gasteiger partial charge is 0.396 e. The van der Waals surface area contributed by atoms with E-state index in [1.165, 1.54) is 0 Å². The van der Waals surface area contributed by atoms with Gasteiger partial charge in [-0.3, -0.25) is 9.89 Å². The summed E-state index contributed by atoms with van der Waals surface area (Å²) in [5.74, 6) is 0.178. The summed E-state index contributed by atoms with van der Waals surface area (Å²) >= 11 is 0. The molecule has 0 saturated carbocycles. The Labute approximate surface area is 130 Å². The predicted molar refractivity (Wildman–Crippen MR) is 86.5 cm³/mol. The van der Waals surface area contributed by atoms with E-state index in [-0.39, 0.29) is 12.5 Å². The number of carbonyl (C=O) groups is 1. The number of aliphatic hydroxyl groups excluding tert-OH is 1. The van der Waals surface area contributed by atoms with Crippen molar-refractivity contribution in [1.29, 1.82) is 0 Å². The number of hydrogen-bond donors (Lipinski definition) is 3. The maximum atomic E-state index is 12.4. The summed E-state index contributed by atoms with van der Waals surface area (Å²) in [5, 5.41) is 18.9. The molecular formula is C17H23N3O2. The lowest BCUT2D eigenvalue weighted by atomic mass is 10.00. The number of aliphatic hydroxyl groups is 1. The van der Waals surface area contributed by atoms with E-state index in [9.17, 15) is 4.79 Å². The molecular weight excluding hydrogens is 278 g/mol. The summed E-state index contributed by atoms with van der Waals surface area (Å²) in [6.07, 6.45) is 4.31. The quantitative estimate of drug-likeness (QED) is 0.701. The zero-order valence-corrected chi connectivity index (χ0v) is 12.9. The monoisotopic (exact) mass is 301 g/mol. The number of nitrogens with zero attached hydrogens (tertiary/aromatic N) is 1. The first-order chi connectivity index (χ1) is 10.8. The molecule has 1 heterocycles. The second-order valence-corrected chi connectivity index (χ2v) is 5.40. The normalized spacial score (nSPS) is 12.1. The van der Waals surface area contributed by atoms with Crippen LogP contribution in [-0.2, 0) is 0 Å². The highest BCUT2D eigenvalue weighted by molar-refractivity contribution is 5.99. The lowest BCUT2D eigenvalue weighted by Crippen LogP contribution is -2.29. The van der Waals surface area contributed by atoms with E-state index in [4.69, 9.17) is 5.11 Å². The van der Waals surface area contributed by atoms with E-state index in [1.54, 1.807) is 6.20 Å². The van der Waals surface area contributed by atoms with Crippen LogP contribution in [0.25, 0.3) is 11.3 Å². The Morgan fingerprint density at radius 3 is 2.77 bits per heavy atom. The van der Waals surface area contributed by atoms with Gasteiger partial charge in [-0.15, -0.1) is 0 Å². The van der Waals surface area contributed by atoms with Crippen molar-refractivity contribution < 1.29 is 9.90 Å². The van der Waals surface area contributed by atoms with E-state index >= 15 is 0 Å². The van der Waals surface area contributed by atoms with Gasteiger partial charge in [0.1, 0.15) is 0 Å². The average molecular weight is 301 g/mol. The van der Waals surface area contributed by atoms with Crippen LogP contribution in [0.3, 0.4) is 0 Å². The van der Waals surface area contributed by atoms with Crippen molar-refractivity contribution in [3.05, 3.63) is 42.1 Å². The molecule has 0 aliphatic heterocycles. The Balaban J connectivity index is 2.03. The van der Waals surface area contributed by atoms with E-state index < -0.39 is 0 Å². The Kier molecular flexibility index (Phi) is 6.15. The summed E-state index contributed by atoms with van der Waals surface area (Å²) < 4.78 is 0. The maximum Gasteiger partial charge on any atom is 0.255 e. The summed E-state index contributed by atoms with van der Waals surface area (Å²) in [6, 6.07) is 9.67. The number of aromatic amines is 1. The van der Waals surface area contributed by atoms with Gasteiger partial charge in [0.2, 0.25) is 0 Å². The molecule has 0 aliphatic rings. The molecule has 5 heteroatoms. The van der Waals surface area contributed by atoms with Crippen molar-refractivity contribution >= 4 is 5.91 Å². The first kappa shape index (κ1) is 16.2. The summed E-state index contributed by atoms with van der Waals surface area (Å²) in [7, 11) is 0. The molecule has 1 unspecified atom stereocenters. The molecule has 1 atom stereocenters. The second-order valence-electron chi connectivity index (χ2n) is 5.40. The third kappa shape index (κ3) is 4.18. The van der Waals surface area contributed by atoms with Gasteiger partial charge >= 0.3 is 0 Å². The molecule has 5 nitrogen and oxygen atoms in total. The van der Waals surface area contributed by atoms with E-state index in [1.807, 2.05) is 30.3 Å². The van der Waals surface area contributed by atoms with Gasteiger partial charge in [-0.05, 0) is 18.8 Å². The standard InChI is InChI=1S/C17H23N3O2/c1-2-6-13(9-10-21)11-18-17(22)15-12-19-20-16(15)14-7-4-3-5-8-14/h3-5,7-8,12-13,21H,2,6,9-11H2,1H3,(H,18,22)(H,19,20). The van der Waals surface area contributed by atoms with Gasteiger partial charge in [0, 0.05) is 18.7 Å². The molecule has 1 amide bonds. The van der Waals surface area contributed by atoms with Gasteiger partial charge in [-0.1, -0.05) is 43.7 Å². The van der Waals surface area contributed by atoms with Crippen molar-refractivity contribution in [2.75, 3.05) is 13.2 Å². The molecule has 1 aromatic carbocycles. The number of carbonyl (C=O) groups excluding carboxylic acids is 1. The van der Waals surface area contributed by atoms with Crippen molar-refractivity contribution in [3.63, 3.8) is 0 Å².